The van der Waals surface area contributed by atoms with Crippen molar-refractivity contribution in [3.8, 4) is 11.8 Å². The third-order valence-corrected chi connectivity index (χ3v) is 3.71. The predicted molar refractivity (Wildman–Crippen MR) is 83.0 cm³/mol. The summed E-state index contributed by atoms with van der Waals surface area (Å²) in [7, 11) is 1.70. The van der Waals surface area contributed by atoms with Crippen molar-refractivity contribution in [1.29, 1.82) is 0 Å². The van der Waals surface area contributed by atoms with Crippen LogP contribution in [0.1, 0.15) is 27.9 Å². The van der Waals surface area contributed by atoms with Gasteiger partial charge in [-0.2, -0.15) is 0 Å². The number of ether oxygens (including phenoxy) is 1. The highest BCUT2D eigenvalue weighted by atomic mass is 16.5. The van der Waals surface area contributed by atoms with Crippen LogP contribution < -0.4 is 5.73 Å². The molecule has 4 heteroatoms. The van der Waals surface area contributed by atoms with Crippen LogP contribution in [0, 0.1) is 24.7 Å². The highest BCUT2D eigenvalue weighted by Gasteiger charge is 2.27. The lowest BCUT2D eigenvalue weighted by molar-refractivity contribution is 0.0775. The second-order valence-corrected chi connectivity index (χ2v) is 5.42. The average molecular weight is 286 g/mol. The molecule has 1 fully saturated rings. The number of hydrogen-bond acceptors (Lipinski definition) is 3. The minimum Gasteiger partial charge on any atom is -0.384 e. The van der Waals surface area contributed by atoms with Gasteiger partial charge in [0.15, 0.2) is 0 Å². The number of rotatable bonds is 3. The zero-order valence-corrected chi connectivity index (χ0v) is 12.7. The molecule has 1 saturated heterocycles. The Kier molecular flexibility index (Phi) is 5.38. The molecule has 112 valence electrons. The quantitative estimate of drug-likeness (QED) is 0.855. The number of carbonyl (C=O) groups excluding carboxylic acids is 1. The van der Waals surface area contributed by atoms with Crippen molar-refractivity contribution in [2.24, 2.45) is 11.7 Å². The molecule has 1 aliphatic rings. The summed E-state index contributed by atoms with van der Waals surface area (Å²) >= 11 is 0. The Labute approximate surface area is 126 Å². The lowest BCUT2D eigenvalue weighted by Gasteiger charge is -2.18. The summed E-state index contributed by atoms with van der Waals surface area (Å²) < 4.78 is 5.18. The van der Waals surface area contributed by atoms with Crippen LogP contribution in [0.5, 0.6) is 0 Å². The first-order chi connectivity index (χ1) is 10.2. The molecule has 0 aromatic heterocycles. The van der Waals surface area contributed by atoms with E-state index in [0.717, 1.165) is 30.6 Å². The van der Waals surface area contributed by atoms with Crippen LogP contribution in [-0.2, 0) is 4.74 Å². The molecule has 1 heterocycles. The molecule has 2 N–H and O–H groups in total. The van der Waals surface area contributed by atoms with Crippen molar-refractivity contribution >= 4 is 5.91 Å². The Morgan fingerprint density at radius 1 is 1.52 bits per heavy atom. The number of methoxy groups -OCH3 is 1. The standard InChI is InChI=1S/C17H22N2O2/c1-13-5-6-15(4-3-8-18)16(10-13)17(20)19-9-7-14(11-19)12-21-2/h5-6,10,14H,7-9,11-12,18H2,1-2H3. The van der Waals surface area contributed by atoms with Crippen LogP contribution in [-0.4, -0.2) is 44.2 Å². The Bertz CT molecular complexity index is 572. The first-order valence-corrected chi connectivity index (χ1v) is 7.23. The molecule has 1 atom stereocenters. The molecule has 0 aliphatic carbocycles. The maximum Gasteiger partial charge on any atom is 0.255 e. The van der Waals surface area contributed by atoms with E-state index in [4.69, 9.17) is 10.5 Å². The van der Waals surface area contributed by atoms with Crippen molar-refractivity contribution < 1.29 is 9.53 Å². The van der Waals surface area contributed by atoms with Crippen molar-refractivity contribution in [2.45, 2.75) is 13.3 Å². The minimum atomic E-state index is 0.0543. The fourth-order valence-electron chi connectivity index (χ4n) is 2.65. The number of benzene rings is 1. The number of aryl methyl sites for hydroxylation is 1. The molecule has 2 rings (SSSR count). The number of likely N-dealkylation sites (tertiary alicyclic amines) is 1. The summed E-state index contributed by atoms with van der Waals surface area (Å²) in [4.78, 5) is 14.6. The minimum absolute atomic E-state index is 0.0543. The van der Waals surface area contributed by atoms with Crippen LogP contribution >= 0.6 is 0 Å². The van der Waals surface area contributed by atoms with Crippen LogP contribution in [0.3, 0.4) is 0 Å². The Morgan fingerprint density at radius 3 is 3.05 bits per heavy atom. The molecule has 0 spiro atoms. The molecule has 21 heavy (non-hydrogen) atoms. The maximum absolute atomic E-state index is 12.7. The Morgan fingerprint density at radius 2 is 2.33 bits per heavy atom. The number of amides is 1. The maximum atomic E-state index is 12.7. The topological polar surface area (TPSA) is 55.6 Å². The molecule has 1 unspecified atom stereocenters. The van der Waals surface area contributed by atoms with Crippen LogP contribution in [0.25, 0.3) is 0 Å². The van der Waals surface area contributed by atoms with E-state index in [9.17, 15) is 4.79 Å². The van der Waals surface area contributed by atoms with E-state index in [2.05, 4.69) is 11.8 Å². The molecule has 1 amide bonds. The van der Waals surface area contributed by atoms with Gasteiger partial charge < -0.3 is 15.4 Å². The predicted octanol–water partition coefficient (Wildman–Crippen LogP) is 1.41. The molecular weight excluding hydrogens is 264 g/mol. The Hall–Kier alpha value is -1.83. The third-order valence-electron chi connectivity index (χ3n) is 3.71. The highest BCUT2D eigenvalue weighted by molar-refractivity contribution is 5.97. The van der Waals surface area contributed by atoms with Gasteiger partial charge in [0.05, 0.1) is 18.7 Å². The average Bonchev–Trinajstić information content (AvgIpc) is 2.94. The Balaban J connectivity index is 2.21. The molecule has 4 nitrogen and oxygen atoms in total. The molecule has 0 saturated carbocycles. The second-order valence-electron chi connectivity index (χ2n) is 5.42. The molecule has 1 aliphatic heterocycles. The van der Waals surface area contributed by atoms with Gasteiger partial charge >= 0.3 is 0 Å². The summed E-state index contributed by atoms with van der Waals surface area (Å²) in [5.41, 5.74) is 7.91. The second kappa shape index (κ2) is 7.26. The van der Waals surface area contributed by atoms with Gasteiger partial charge in [0.25, 0.3) is 5.91 Å². The highest BCUT2D eigenvalue weighted by Crippen LogP contribution is 2.21. The number of carbonyl (C=O) groups is 1. The summed E-state index contributed by atoms with van der Waals surface area (Å²) in [5.74, 6) is 6.31. The van der Waals surface area contributed by atoms with E-state index in [0.29, 0.717) is 24.6 Å². The van der Waals surface area contributed by atoms with Gasteiger partial charge in [-0.1, -0.05) is 23.5 Å². The van der Waals surface area contributed by atoms with E-state index < -0.39 is 0 Å². The molecule has 1 aromatic rings. The van der Waals surface area contributed by atoms with Gasteiger partial charge in [-0.25, -0.2) is 0 Å². The summed E-state index contributed by atoms with van der Waals surface area (Å²) in [5, 5.41) is 0. The fourth-order valence-corrected chi connectivity index (χ4v) is 2.65. The molecule has 0 bridgehead atoms. The lowest BCUT2D eigenvalue weighted by atomic mass is 10.0. The van der Waals surface area contributed by atoms with Gasteiger partial charge in [0.1, 0.15) is 0 Å². The smallest absolute Gasteiger partial charge is 0.255 e. The number of hydrogen-bond donors (Lipinski definition) is 1. The molecule has 1 aromatic carbocycles. The zero-order chi connectivity index (χ0) is 15.2. The summed E-state index contributed by atoms with van der Waals surface area (Å²) in [6.07, 6.45) is 0.995. The van der Waals surface area contributed by atoms with Crippen molar-refractivity contribution in [3.63, 3.8) is 0 Å². The van der Waals surface area contributed by atoms with Gasteiger partial charge in [0.2, 0.25) is 0 Å². The van der Waals surface area contributed by atoms with E-state index >= 15 is 0 Å². The monoisotopic (exact) mass is 286 g/mol. The fraction of sp³-hybridized carbons (Fsp3) is 0.471. The van der Waals surface area contributed by atoms with E-state index in [1.807, 2.05) is 30.0 Å². The first kappa shape index (κ1) is 15.6. The molecule has 0 radical (unpaired) electrons. The van der Waals surface area contributed by atoms with Crippen LogP contribution in [0.4, 0.5) is 0 Å². The van der Waals surface area contributed by atoms with E-state index in [1.54, 1.807) is 7.11 Å². The van der Waals surface area contributed by atoms with Crippen molar-refractivity contribution in [1.82, 2.24) is 4.90 Å². The first-order valence-electron chi connectivity index (χ1n) is 7.23. The van der Waals surface area contributed by atoms with Crippen LogP contribution in [0.2, 0.25) is 0 Å². The van der Waals surface area contributed by atoms with Crippen molar-refractivity contribution in [3.05, 3.63) is 34.9 Å². The van der Waals surface area contributed by atoms with E-state index in [1.165, 1.54) is 0 Å². The SMILES string of the molecule is COCC1CCN(C(=O)c2cc(C)ccc2C#CCN)C1. The third kappa shape index (κ3) is 3.84. The number of nitrogens with two attached hydrogens (primary N) is 1. The van der Waals surface area contributed by atoms with Gasteiger partial charge in [-0.3, -0.25) is 4.79 Å². The largest absolute Gasteiger partial charge is 0.384 e. The van der Waals surface area contributed by atoms with Gasteiger partial charge in [0, 0.05) is 31.7 Å². The van der Waals surface area contributed by atoms with Crippen LogP contribution in [0.15, 0.2) is 18.2 Å². The zero-order valence-electron chi connectivity index (χ0n) is 12.7. The van der Waals surface area contributed by atoms with E-state index in [-0.39, 0.29) is 5.91 Å². The summed E-state index contributed by atoms with van der Waals surface area (Å²) in [6, 6.07) is 5.77. The molecular formula is C17H22N2O2. The normalized spacial score (nSPS) is 17.5. The summed E-state index contributed by atoms with van der Waals surface area (Å²) in [6.45, 7) is 4.52. The van der Waals surface area contributed by atoms with Gasteiger partial charge in [-0.05, 0) is 25.5 Å². The van der Waals surface area contributed by atoms with Crippen molar-refractivity contribution in [2.75, 3.05) is 33.4 Å². The van der Waals surface area contributed by atoms with Gasteiger partial charge in [-0.15, -0.1) is 0 Å². The number of nitrogens with zero attached hydrogens (tertiary/aromatic N) is 1. The lowest BCUT2D eigenvalue weighted by Crippen LogP contribution is -2.30.